The third kappa shape index (κ3) is 4.91. The molecule has 1 rings (SSSR count). The predicted molar refractivity (Wildman–Crippen MR) is 62.9 cm³/mol. The Morgan fingerprint density at radius 2 is 1.89 bits per heavy atom. The molecule has 0 fully saturated rings. The molecular formula is C12H17F3N2O. The van der Waals surface area contributed by atoms with E-state index in [2.05, 4.69) is 17.2 Å². The standard InChI is InChI=1S/C12H17F3N2O/c1-2-3-6-18-7-4-5-16-12-10(14)8-9(13)11(15)17-12/h8H,2-7H2,1H3,(H,16,17). The van der Waals surface area contributed by atoms with Gasteiger partial charge in [0.2, 0.25) is 0 Å². The number of nitrogens with zero attached hydrogens (tertiary/aromatic N) is 1. The zero-order valence-corrected chi connectivity index (χ0v) is 10.3. The van der Waals surface area contributed by atoms with Gasteiger partial charge in [-0.2, -0.15) is 9.37 Å². The monoisotopic (exact) mass is 262 g/mol. The van der Waals surface area contributed by atoms with Crippen LogP contribution in [0.4, 0.5) is 19.0 Å². The van der Waals surface area contributed by atoms with E-state index in [9.17, 15) is 13.2 Å². The molecule has 6 heteroatoms. The number of ether oxygens (including phenoxy) is 1. The van der Waals surface area contributed by atoms with Crippen molar-refractivity contribution in [1.82, 2.24) is 4.98 Å². The van der Waals surface area contributed by atoms with Crippen LogP contribution in [-0.2, 0) is 4.74 Å². The minimum Gasteiger partial charge on any atom is -0.381 e. The number of nitrogens with one attached hydrogen (secondary N) is 1. The van der Waals surface area contributed by atoms with Gasteiger partial charge in [-0.1, -0.05) is 13.3 Å². The highest BCUT2D eigenvalue weighted by Crippen LogP contribution is 2.13. The van der Waals surface area contributed by atoms with Gasteiger partial charge in [0.15, 0.2) is 17.5 Å². The van der Waals surface area contributed by atoms with Crippen molar-refractivity contribution in [3.8, 4) is 0 Å². The summed E-state index contributed by atoms with van der Waals surface area (Å²) in [6, 6.07) is 0.475. The minimum atomic E-state index is -1.31. The second-order valence-electron chi connectivity index (χ2n) is 3.84. The van der Waals surface area contributed by atoms with Crippen LogP contribution in [0.5, 0.6) is 0 Å². The lowest BCUT2D eigenvalue weighted by atomic mass is 10.3. The summed E-state index contributed by atoms with van der Waals surface area (Å²) in [6.45, 7) is 3.70. The van der Waals surface area contributed by atoms with Gasteiger partial charge in [-0.05, 0) is 12.8 Å². The Morgan fingerprint density at radius 1 is 1.17 bits per heavy atom. The molecule has 0 saturated carbocycles. The summed E-state index contributed by atoms with van der Waals surface area (Å²) >= 11 is 0. The number of rotatable bonds is 8. The summed E-state index contributed by atoms with van der Waals surface area (Å²) < 4.78 is 43.8. The van der Waals surface area contributed by atoms with Crippen LogP contribution in [0.1, 0.15) is 26.2 Å². The number of unbranched alkanes of at least 4 members (excludes halogenated alkanes) is 1. The van der Waals surface area contributed by atoms with Gasteiger partial charge in [0.05, 0.1) is 0 Å². The first kappa shape index (κ1) is 14.8. The van der Waals surface area contributed by atoms with Crippen molar-refractivity contribution in [3.05, 3.63) is 23.6 Å². The van der Waals surface area contributed by atoms with E-state index in [4.69, 9.17) is 4.74 Å². The Hall–Kier alpha value is -1.30. The maximum atomic E-state index is 13.1. The van der Waals surface area contributed by atoms with Crippen molar-refractivity contribution in [2.24, 2.45) is 0 Å². The van der Waals surface area contributed by atoms with E-state index in [0.717, 1.165) is 12.8 Å². The van der Waals surface area contributed by atoms with E-state index < -0.39 is 17.6 Å². The number of pyridine rings is 1. The summed E-state index contributed by atoms with van der Waals surface area (Å²) in [5.41, 5.74) is 0. The van der Waals surface area contributed by atoms with Crippen LogP contribution in [0.15, 0.2) is 6.07 Å². The molecule has 1 aromatic heterocycles. The van der Waals surface area contributed by atoms with E-state index in [1.807, 2.05) is 0 Å². The molecule has 0 amide bonds. The molecule has 0 atom stereocenters. The van der Waals surface area contributed by atoms with Crippen LogP contribution < -0.4 is 5.32 Å². The van der Waals surface area contributed by atoms with Crippen molar-refractivity contribution in [2.45, 2.75) is 26.2 Å². The number of anilines is 1. The van der Waals surface area contributed by atoms with E-state index in [0.29, 0.717) is 32.2 Å². The van der Waals surface area contributed by atoms with Gasteiger partial charge in [-0.3, -0.25) is 0 Å². The van der Waals surface area contributed by atoms with Crippen LogP contribution in [0.3, 0.4) is 0 Å². The third-order valence-electron chi connectivity index (χ3n) is 2.29. The summed E-state index contributed by atoms with van der Waals surface area (Å²) in [6.07, 6.45) is 2.72. The summed E-state index contributed by atoms with van der Waals surface area (Å²) in [5, 5.41) is 2.60. The molecule has 3 nitrogen and oxygen atoms in total. The van der Waals surface area contributed by atoms with Crippen LogP contribution in [-0.4, -0.2) is 24.7 Å². The number of hydrogen-bond acceptors (Lipinski definition) is 3. The SMILES string of the molecule is CCCCOCCCNc1nc(F)c(F)cc1F. The van der Waals surface area contributed by atoms with Crippen molar-refractivity contribution < 1.29 is 17.9 Å². The molecule has 1 aromatic rings. The fourth-order valence-corrected chi connectivity index (χ4v) is 1.30. The number of aromatic nitrogens is 1. The van der Waals surface area contributed by atoms with Gasteiger partial charge in [0.25, 0.3) is 5.95 Å². The normalized spacial score (nSPS) is 10.7. The lowest BCUT2D eigenvalue weighted by Crippen LogP contribution is -2.10. The lowest BCUT2D eigenvalue weighted by Gasteiger charge is -2.07. The Morgan fingerprint density at radius 3 is 2.61 bits per heavy atom. The van der Waals surface area contributed by atoms with Crippen molar-refractivity contribution in [1.29, 1.82) is 0 Å². The molecule has 0 aliphatic rings. The van der Waals surface area contributed by atoms with Crippen LogP contribution >= 0.6 is 0 Å². The zero-order chi connectivity index (χ0) is 13.4. The Labute approximate surface area is 104 Å². The quantitative estimate of drug-likeness (QED) is 0.577. The van der Waals surface area contributed by atoms with Gasteiger partial charge in [0, 0.05) is 25.8 Å². The highest BCUT2D eigenvalue weighted by Gasteiger charge is 2.10. The molecule has 0 bridgehead atoms. The molecule has 102 valence electrons. The maximum Gasteiger partial charge on any atom is 0.251 e. The van der Waals surface area contributed by atoms with Gasteiger partial charge >= 0.3 is 0 Å². The minimum absolute atomic E-state index is 0.276. The largest absolute Gasteiger partial charge is 0.381 e. The van der Waals surface area contributed by atoms with Gasteiger partial charge < -0.3 is 10.1 Å². The molecule has 0 aliphatic heterocycles. The smallest absolute Gasteiger partial charge is 0.251 e. The average Bonchev–Trinajstić information content (AvgIpc) is 2.34. The Bertz CT molecular complexity index is 375. The van der Waals surface area contributed by atoms with Crippen molar-refractivity contribution in [3.63, 3.8) is 0 Å². The lowest BCUT2D eigenvalue weighted by molar-refractivity contribution is 0.131. The highest BCUT2D eigenvalue weighted by atomic mass is 19.2. The average molecular weight is 262 g/mol. The second kappa shape index (κ2) is 7.92. The molecule has 0 aliphatic carbocycles. The van der Waals surface area contributed by atoms with E-state index in [-0.39, 0.29) is 5.82 Å². The maximum absolute atomic E-state index is 13.1. The fourth-order valence-electron chi connectivity index (χ4n) is 1.30. The van der Waals surface area contributed by atoms with Crippen LogP contribution in [0.25, 0.3) is 0 Å². The molecule has 0 unspecified atom stereocenters. The second-order valence-corrected chi connectivity index (χ2v) is 3.84. The van der Waals surface area contributed by atoms with Crippen molar-refractivity contribution >= 4 is 5.82 Å². The molecule has 0 spiro atoms. The Balaban J connectivity index is 2.25. The molecule has 0 radical (unpaired) electrons. The molecule has 0 aromatic carbocycles. The first-order valence-corrected chi connectivity index (χ1v) is 5.98. The van der Waals surface area contributed by atoms with Crippen LogP contribution in [0, 0.1) is 17.6 Å². The molecule has 1 heterocycles. The summed E-state index contributed by atoms with van der Waals surface area (Å²) in [4.78, 5) is 3.15. The molecular weight excluding hydrogens is 245 g/mol. The fraction of sp³-hybridized carbons (Fsp3) is 0.583. The van der Waals surface area contributed by atoms with Crippen molar-refractivity contribution in [2.75, 3.05) is 25.1 Å². The van der Waals surface area contributed by atoms with Gasteiger partial charge in [-0.25, -0.2) is 8.78 Å². The molecule has 0 saturated heterocycles. The zero-order valence-electron chi connectivity index (χ0n) is 10.3. The molecule has 1 N–H and O–H groups in total. The van der Waals surface area contributed by atoms with Crippen LogP contribution in [0.2, 0.25) is 0 Å². The van der Waals surface area contributed by atoms with E-state index in [1.165, 1.54) is 0 Å². The number of hydrogen-bond donors (Lipinski definition) is 1. The molecule has 18 heavy (non-hydrogen) atoms. The van der Waals surface area contributed by atoms with Gasteiger partial charge in [-0.15, -0.1) is 0 Å². The highest BCUT2D eigenvalue weighted by molar-refractivity contribution is 5.35. The first-order valence-electron chi connectivity index (χ1n) is 5.98. The summed E-state index contributed by atoms with van der Waals surface area (Å²) in [7, 11) is 0. The third-order valence-corrected chi connectivity index (χ3v) is 2.29. The van der Waals surface area contributed by atoms with Gasteiger partial charge in [0.1, 0.15) is 0 Å². The van der Waals surface area contributed by atoms with E-state index >= 15 is 0 Å². The first-order chi connectivity index (χ1) is 8.65. The number of halogens is 3. The predicted octanol–water partition coefficient (Wildman–Crippen LogP) is 3.12. The Kier molecular flexibility index (Phi) is 6.49. The topological polar surface area (TPSA) is 34.1 Å². The van der Waals surface area contributed by atoms with E-state index in [1.54, 1.807) is 0 Å². The summed E-state index contributed by atoms with van der Waals surface area (Å²) in [5.74, 6) is -3.78.